The zero-order chi connectivity index (χ0) is 12.3. The molecule has 7 nitrogen and oxygen atoms in total. The first-order chi connectivity index (χ1) is 7.47. The van der Waals surface area contributed by atoms with Crippen LogP contribution in [-0.4, -0.2) is 28.7 Å². The van der Waals surface area contributed by atoms with Gasteiger partial charge in [0.1, 0.15) is 5.82 Å². The van der Waals surface area contributed by atoms with Gasteiger partial charge in [0.2, 0.25) is 0 Å². The average molecular weight is 227 g/mol. The maximum Gasteiger partial charge on any atom is 0.330 e. The van der Waals surface area contributed by atoms with Crippen molar-refractivity contribution in [3.63, 3.8) is 0 Å². The summed E-state index contributed by atoms with van der Waals surface area (Å²) in [6.07, 6.45) is 0.761. The molecule has 1 aromatic rings. The normalized spacial score (nSPS) is 10.8. The van der Waals surface area contributed by atoms with Gasteiger partial charge in [0, 0.05) is 20.6 Å². The van der Waals surface area contributed by atoms with Crippen molar-refractivity contribution in [3.05, 3.63) is 20.8 Å². The van der Waals surface area contributed by atoms with Crippen molar-refractivity contribution in [1.82, 2.24) is 14.6 Å². The monoisotopic (exact) mass is 227 g/mol. The van der Waals surface area contributed by atoms with Crippen LogP contribution in [0.2, 0.25) is 0 Å². The number of rotatable bonds is 4. The summed E-state index contributed by atoms with van der Waals surface area (Å²) in [6.45, 7) is 2.40. The molecular weight excluding hydrogens is 210 g/mol. The van der Waals surface area contributed by atoms with Crippen LogP contribution < -0.4 is 22.4 Å². The predicted octanol–water partition coefficient (Wildman–Crippen LogP) is -0.583. The Morgan fingerprint density at radius 3 is 2.56 bits per heavy atom. The Morgan fingerprint density at radius 1 is 1.44 bits per heavy atom. The first kappa shape index (κ1) is 12.3. The van der Waals surface area contributed by atoms with Crippen LogP contribution in [0.5, 0.6) is 0 Å². The van der Waals surface area contributed by atoms with Gasteiger partial charge in [-0.1, -0.05) is 6.92 Å². The van der Waals surface area contributed by atoms with Crippen molar-refractivity contribution in [3.8, 4) is 0 Å². The van der Waals surface area contributed by atoms with Gasteiger partial charge in [-0.3, -0.25) is 14.3 Å². The smallest absolute Gasteiger partial charge is 0.330 e. The second-order valence-electron chi connectivity index (χ2n) is 3.68. The van der Waals surface area contributed by atoms with Crippen molar-refractivity contribution >= 4 is 11.5 Å². The van der Waals surface area contributed by atoms with Gasteiger partial charge in [0.05, 0.1) is 0 Å². The zero-order valence-corrected chi connectivity index (χ0v) is 9.70. The lowest BCUT2D eigenvalue weighted by molar-refractivity contribution is 0.492. The highest BCUT2D eigenvalue weighted by Gasteiger charge is 2.11. The van der Waals surface area contributed by atoms with Gasteiger partial charge in [-0.05, 0) is 6.42 Å². The predicted molar refractivity (Wildman–Crippen MR) is 63.3 cm³/mol. The molecule has 0 amide bonds. The maximum absolute atomic E-state index is 11.5. The molecule has 0 fully saturated rings. The highest BCUT2D eigenvalue weighted by Crippen LogP contribution is 2.10. The van der Waals surface area contributed by atoms with Crippen molar-refractivity contribution in [2.24, 2.45) is 0 Å². The molecule has 0 radical (unpaired) electrons. The van der Waals surface area contributed by atoms with E-state index in [2.05, 4.69) is 10.4 Å². The SMILES string of the molecule is CCCn1c(N)c(NN(C)C)c(=O)[nH]c1=O. The lowest BCUT2D eigenvalue weighted by atomic mass is 10.4. The minimum Gasteiger partial charge on any atom is -0.383 e. The fraction of sp³-hybridized carbons (Fsp3) is 0.556. The standard InChI is InChI=1S/C9H17N5O2/c1-4-5-14-7(10)6(12-13(2)3)8(15)11-9(14)16/h12H,4-5,10H2,1-3H3,(H,11,15,16). The molecule has 16 heavy (non-hydrogen) atoms. The summed E-state index contributed by atoms with van der Waals surface area (Å²) in [4.78, 5) is 25.2. The number of hydrogen-bond donors (Lipinski definition) is 3. The Labute approximate surface area is 92.8 Å². The minimum atomic E-state index is -0.511. The summed E-state index contributed by atoms with van der Waals surface area (Å²) in [5.41, 5.74) is 7.75. The van der Waals surface area contributed by atoms with Crippen LogP contribution >= 0.6 is 0 Å². The number of nitrogens with two attached hydrogens (primary N) is 1. The van der Waals surface area contributed by atoms with Crippen molar-refractivity contribution < 1.29 is 0 Å². The fourth-order valence-corrected chi connectivity index (χ4v) is 1.37. The van der Waals surface area contributed by atoms with Gasteiger partial charge in [0.15, 0.2) is 5.69 Å². The van der Waals surface area contributed by atoms with Gasteiger partial charge in [-0.25, -0.2) is 9.80 Å². The Bertz CT molecular complexity index is 474. The molecule has 90 valence electrons. The van der Waals surface area contributed by atoms with E-state index in [9.17, 15) is 9.59 Å². The van der Waals surface area contributed by atoms with Crippen LogP contribution in [0.3, 0.4) is 0 Å². The minimum absolute atomic E-state index is 0.157. The second-order valence-corrected chi connectivity index (χ2v) is 3.68. The topological polar surface area (TPSA) is 96.2 Å². The third-order valence-corrected chi connectivity index (χ3v) is 2.02. The van der Waals surface area contributed by atoms with Gasteiger partial charge >= 0.3 is 5.69 Å². The summed E-state index contributed by atoms with van der Waals surface area (Å²) >= 11 is 0. The molecule has 1 rings (SSSR count). The van der Waals surface area contributed by atoms with E-state index >= 15 is 0 Å². The lowest BCUT2D eigenvalue weighted by Crippen LogP contribution is -2.36. The number of aromatic nitrogens is 2. The zero-order valence-electron chi connectivity index (χ0n) is 9.70. The number of nitrogen functional groups attached to an aromatic ring is 1. The summed E-state index contributed by atoms with van der Waals surface area (Å²) < 4.78 is 1.34. The summed E-state index contributed by atoms with van der Waals surface area (Å²) in [5.74, 6) is 0.157. The van der Waals surface area contributed by atoms with E-state index in [0.29, 0.717) is 6.54 Å². The first-order valence-electron chi connectivity index (χ1n) is 5.04. The molecule has 0 atom stereocenters. The summed E-state index contributed by atoms with van der Waals surface area (Å²) in [7, 11) is 3.46. The highest BCUT2D eigenvalue weighted by atomic mass is 16.2. The van der Waals surface area contributed by atoms with Crippen molar-refractivity contribution in [2.75, 3.05) is 25.3 Å². The van der Waals surface area contributed by atoms with Gasteiger partial charge in [-0.15, -0.1) is 0 Å². The number of H-pyrrole nitrogens is 1. The van der Waals surface area contributed by atoms with Crippen LogP contribution in [-0.2, 0) is 6.54 Å². The van der Waals surface area contributed by atoms with Gasteiger partial charge in [-0.2, -0.15) is 0 Å². The van der Waals surface area contributed by atoms with Crippen LogP contribution in [0.4, 0.5) is 11.5 Å². The average Bonchev–Trinajstić information content (AvgIpc) is 2.19. The lowest BCUT2D eigenvalue weighted by Gasteiger charge is -2.16. The Kier molecular flexibility index (Phi) is 3.73. The quantitative estimate of drug-likeness (QED) is 0.598. The molecule has 0 bridgehead atoms. The van der Waals surface area contributed by atoms with E-state index in [1.807, 2.05) is 6.92 Å². The molecule has 7 heteroatoms. The number of hydrazine groups is 1. The largest absolute Gasteiger partial charge is 0.383 e. The van der Waals surface area contributed by atoms with Crippen LogP contribution in [0, 0.1) is 0 Å². The molecule has 1 heterocycles. The van der Waals surface area contributed by atoms with E-state index in [1.54, 1.807) is 19.1 Å². The number of aromatic amines is 1. The molecule has 0 aliphatic rings. The van der Waals surface area contributed by atoms with Crippen LogP contribution in [0.1, 0.15) is 13.3 Å². The van der Waals surface area contributed by atoms with E-state index in [-0.39, 0.29) is 11.5 Å². The van der Waals surface area contributed by atoms with E-state index in [1.165, 1.54) is 4.57 Å². The maximum atomic E-state index is 11.5. The Hall–Kier alpha value is -1.76. The molecule has 0 saturated carbocycles. The fourth-order valence-electron chi connectivity index (χ4n) is 1.37. The Balaban J connectivity index is 3.33. The van der Waals surface area contributed by atoms with E-state index in [4.69, 9.17) is 5.73 Å². The number of nitrogens with one attached hydrogen (secondary N) is 2. The van der Waals surface area contributed by atoms with E-state index in [0.717, 1.165) is 6.42 Å². The number of anilines is 2. The molecular formula is C9H17N5O2. The summed E-state index contributed by atoms with van der Waals surface area (Å²) in [5, 5.41) is 1.59. The molecule has 0 saturated heterocycles. The van der Waals surface area contributed by atoms with E-state index < -0.39 is 11.2 Å². The van der Waals surface area contributed by atoms with Crippen LogP contribution in [0.25, 0.3) is 0 Å². The number of hydrogen-bond acceptors (Lipinski definition) is 5. The van der Waals surface area contributed by atoms with Gasteiger partial charge in [0.25, 0.3) is 5.56 Å². The second kappa shape index (κ2) is 4.84. The molecule has 4 N–H and O–H groups in total. The third kappa shape index (κ3) is 2.43. The van der Waals surface area contributed by atoms with Crippen molar-refractivity contribution in [1.29, 1.82) is 0 Å². The van der Waals surface area contributed by atoms with Crippen molar-refractivity contribution in [2.45, 2.75) is 19.9 Å². The van der Waals surface area contributed by atoms with Gasteiger partial charge < -0.3 is 11.2 Å². The summed E-state index contributed by atoms with van der Waals surface area (Å²) in [6, 6.07) is 0. The Morgan fingerprint density at radius 2 is 2.06 bits per heavy atom. The highest BCUT2D eigenvalue weighted by molar-refractivity contribution is 5.59. The van der Waals surface area contributed by atoms with Crippen LogP contribution in [0.15, 0.2) is 9.59 Å². The molecule has 0 spiro atoms. The first-order valence-corrected chi connectivity index (χ1v) is 5.04. The number of nitrogens with zero attached hydrogens (tertiary/aromatic N) is 2. The molecule has 0 aromatic carbocycles. The molecule has 0 aliphatic heterocycles. The third-order valence-electron chi connectivity index (χ3n) is 2.02. The molecule has 1 aromatic heterocycles. The molecule has 0 aliphatic carbocycles. The molecule has 0 unspecified atom stereocenters.